The Hall–Kier alpha value is -6.18. The van der Waals surface area contributed by atoms with E-state index in [0.717, 1.165) is 71.9 Å². The summed E-state index contributed by atoms with van der Waals surface area (Å²) in [4.78, 5) is 43.4. The minimum absolute atomic E-state index is 0.0670. The van der Waals surface area contributed by atoms with Crippen molar-refractivity contribution < 1.29 is 23.9 Å². The van der Waals surface area contributed by atoms with Gasteiger partial charge in [-0.05, 0) is 102 Å². The van der Waals surface area contributed by atoms with E-state index < -0.39 is 17.7 Å². The van der Waals surface area contributed by atoms with E-state index >= 15 is 0 Å². The lowest BCUT2D eigenvalue weighted by molar-refractivity contribution is -0.153. The van der Waals surface area contributed by atoms with Gasteiger partial charge in [-0.3, -0.25) is 9.59 Å². The first-order valence-electron chi connectivity index (χ1n) is 26.0. The molecule has 7 nitrogen and oxygen atoms in total. The highest BCUT2D eigenvalue weighted by Crippen LogP contribution is 2.46. The molecule has 1 saturated heterocycles. The molecule has 2 amide bonds. The van der Waals surface area contributed by atoms with Gasteiger partial charge in [-0.15, -0.1) is 0 Å². The molecule has 2 aliphatic carbocycles. The van der Waals surface area contributed by atoms with Crippen molar-refractivity contribution in [1.29, 1.82) is 0 Å². The maximum Gasteiger partial charge on any atom is 0.407 e. The number of esters is 1. The molecule has 2 atom stereocenters. The Balaban J connectivity index is 0.813. The zero-order valence-corrected chi connectivity index (χ0v) is 41.2. The van der Waals surface area contributed by atoms with Gasteiger partial charge < -0.3 is 19.7 Å². The first-order chi connectivity index (χ1) is 34.4. The smallest absolute Gasteiger partial charge is 0.407 e. The molecule has 1 heterocycles. The van der Waals surface area contributed by atoms with Crippen LogP contribution in [0, 0.1) is 0 Å². The topological polar surface area (TPSA) is 84.9 Å². The number of carbonyl (C=O) groups excluding carboxylic acids is 3. The Morgan fingerprint density at radius 3 is 1.89 bits per heavy atom. The van der Waals surface area contributed by atoms with Crippen molar-refractivity contribution >= 4 is 29.6 Å². The van der Waals surface area contributed by atoms with Crippen LogP contribution in [0.3, 0.4) is 0 Å². The number of carbonyl (C=O) groups is 3. The third-order valence-electron chi connectivity index (χ3n) is 15.0. The van der Waals surface area contributed by atoms with Gasteiger partial charge in [-0.25, -0.2) is 4.79 Å². The highest BCUT2D eigenvalue weighted by Gasteiger charge is 2.42. The van der Waals surface area contributed by atoms with Crippen molar-refractivity contribution in [3.63, 3.8) is 0 Å². The normalized spacial score (nSPS) is 16.4. The molecule has 70 heavy (non-hydrogen) atoms. The summed E-state index contributed by atoms with van der Waals surface area (Å²) in [6.07, 6.45) is 15.3. The van der Waals surface area contributed by atoms with Crippen LogP contribution in [0.4, 0.5) is 4.79 Å². The Labute approximate surface area is 420 Å². The number of nitrogens with zero attached hydrogens (tertiary/aromatic N) is 1. The molecule has 1 N–H and O–H groups in total. The van der Waals surface area contributed by atoms with Crippen LogP contribution in [0.15, 0.2) is 152 Å². The molecular formula is C62H67ClN2O5. The Morgan fingerprint density at radius 2 is 1.20 bits per heavy atom. The van der Waals surface area contributed by atoms with Crippen LogP contribution < -0.4 is 5.32 Å². The number of halogens is 1. The summed E-state index contributed by atoms with van der Waals surface area (Å²) < 4.78 is 12.7. The summed E-state index contributed by atoms with van der Waals surface area (Å²) in [6, 6.07) is 50.7. The number of benzene rings is 6. The molecule has 0 radical (unpaired) electrons. The highest BCUT2D eigenvalue weighted by atomic mass is 35.5. The van der Waals surface area contributed by atoms with Crippen LogP contribution in [0.5, 0.6) is 0 Å². The average molecular weight is 956 g/mol. The van der Waals surface area contributed by atoms with Crippen LogP contribution in [0.2, 0.25) is 5.02 Å². The fraction of sp³-hybridized carbons (Fsp3) is 0.371. The first kappa shape index (κ1) is 48.8. The Bertz CT molecular complexity index is 2630. The van der Waals surface area contributed by atoms with Gasteiger partial charge in [-0.2, -0.15) is 0 Å². The first-order valence-corrected chi connectivity index (χ1v) is 26.4. The Kier molecular flexibility index (Phi) is 16.5. The number of piperidine rings is 1. The van der Waals surface area contributed by atoms with Gasteiger partial charge in [0.1, 0.15) is 12.6 Å². The molecule has 6 aromatic rings. The second-order valence-corrected chi connectivity index (χ2v) is 20.1. The standard InChI is InChI=1S/C62H67ClN2O5/c63-57-31-18-17-30-56(57)62(49-24-10-5-11-25-49,50-39-37-48(38-40-50)47-22-8-2-1-3-9-23-47)70-59(66)32-12-4-7-21-45-33-35-46(36-34-45)43-58(60(67)65-41-19-6-20-42-65)64-61(68)69-44-55-53-28-15-13-26-51(53)52-27-14-16-29-54(52)55/h5,10-11,13-18,24-31,33-40,47,55,58H,1-4,6-9,12,19-23,32,41-44H2,(H,64,68)/t58-,62?/m0/s1. The molecule has 1 saturated carbocycles. The maximum atomic E-state index is 14.1. The number of hydrogen-bond donors (Lipinski definition) is 1. The van der Waals surface area contributed by atoms with Gasteiger partial charge in [0.2, 0.25) is 5.91 Å². The lowest BCUT2D eigenvalue weighted by Crippen LogP contribution is -2.51. The molecule has 1 aliphatic heterocycles. The molecule has 0 bridgehead atoms. The predicted molar refractivity (Wildman–Crippen MR) is 280 cm³/mol. The van der Waals surface area contributed by atoms with Crippen LogP contribution in [0.1, 0.15) is 146 Å². The minimum Gasteiger partial charge on any atom is -0.449 e. The molecule has 9 rings (SSSR count). The molecule has 362 valence electrons. The lowest BCUT2D eigenvalue weighted by atomic mass is 9.78. The van der Waals surface area contributed by atoms with Crippen molar-refractivity contribution in [1.82, 2.24) is 10.2 Å². The zero-order chi connectivity index (χ0) is 48.1. The zero-order valence-electron chi connectivity index (χ0n) is 40.5. The molecule has 0 spiro atoms. The molecule has 2 fully saturated rings. The van der Waals surface area contributed by atoms with Crippen LogP contribution in [0.25, 0.3) is 11.1 Å². The van der Waals surface area contributed by atoms with Gasteiger partial charge in [0.25, 0.3) is 0 Å². The van der Waals surface area contributed by atoms with E-state index in [4.69, 9.17) is 21.1 Å². The quantitative estimate of drug-likeness (QED) is 0.0559. The van der Waals surface area contributed by atoms with E-state index in [-0.39, 0.29) is 30.8 Å². The maximum absolute atomic E-state index is 14.1. The molecular weight excluding hydrogens is 888 g/mol. The third kappa shape index (κ3) is 11.5. The summed E-state index contributed by atoms with van der Waals surface area (Å²) in [6.45, 7) is 1.58. The number of likely N-dealkylation sites (tertiary alicyclic amines) is 1. The van der Waals surface area contributed by atoms with Crippen molar-refractivity contribution in [2.45, 2.75) is 126 Å². The summed E-state index contributed by atoms with van der Waals surface area (Å²) >= 11 is 7.01. The average Bonchev–Trinajstić information content (AvgIpc) is 3.71. The van der Waals surface area contributed by atoms with E-state index in [1.165, 1.54) is 67.2 Å². The van der Waals surface area contributed by atoms with E-state index in [1.807, 2.05) is 83.8 Å². The lowest BCUT2D eigenvalue weighted by Gasteiger charge is -2.36. The van der Waals surface area contributed by atoms with Crippen LogP contribution in [-0.4, -0.2) is 48.6 Å². The number of unbranched alkanes of at least 4 members (excludes halogenated alkanes) is 2. The van der Waals surface area contributed by atoms with E-state index in [2.05, 4.69) is 78.1 Å². The monoisotopic (exact) mass is 954 g/mol. The van der Waals surface area contributed by atoms with E-state index in [0.29, 0.717) is 36.9 Å². The van der Waals surface area contributed by atoms with Crippen molar-refractivity contribution in [2.24, 2.45) is 0 Å². The van der Waals surface area contributed by atoms with E-state index in [9.17, 15) is 14.4 Å². The fourth-order valence-corrected chi connectivity index (χ4v) is 11.5. The van der Waals surface area contributed by atoms with Gasteiger partial charge in [0.05, 0.1) is 0 Å². The summed E-state index contributed by atoms with van der Waals surface area (Å²) in [5.74, 6) is 0.141. The molecule has 8 heteroatoms. The van der Waals surface area contributed by atoms with Gasteiger partial charge >= 0.3 is 12.1 Å². The number of fused-ring (bicyclic) bond motifs is 3. The Morgan fingerprint density at radius 1 is 0.614 bits per heavy atom. The second kappa shape index (κ2) is 23.6. The van der Waals surface area contributed by atoms with Gasteiger partial charge in [0.15, 0.2) is 5.60 Å². The molecule has 1 unspecified atom stereocenters. The number of nitrogens with one attached hydrogen (secondary N) is 1. The minimum atomic E-state index is -1.22. The van der Waals surface area contributed by atoms with E-state index in [1.54, 1.807) is 0 Å². The largest absolute Gasteiger partial charge is 0.449 e. The number of amides is 2. The SMILES string of the molecule is O=C(CCCCCc1ccc(C[C@H](NC(=O)OCC2c3ccccc3-c3ccccc32)C(=O)N2CCCCC2)cc1)OC(c1ccccc1)(c1ccc(C2CCCCCCC2)cc1)c1ccccc1Cl. The van der Waals surface area contributed by atoms with Crippen molar-refractivity contribution in [3.8, 4) is 11.1 Å². The number of rotatable bonds is 17. The number of ether oxygens (including phenoxy) is 2. The van der Waals surface area contributed by atoms with Crippen LogP contribution >= 0.6 is 11.6 Å². The van der Waals surface area contributed by atoms with Gasteiger partial charge in [-0.1, -0.05) is 196 Å². The molecule has 6 aromatic carbocycles. The number of hydrogen-bond acceptors (Lipinski definition) is 5. The predicted octanol–water partition coefficient (Wildman–Crippen LogP) is 14.3. The van der Waals surface area contributed by atoms with Crippen molar-refractivity contribution in [2.75, 3.05) is 19.7 Å². The van der Waals surface area contributed by atoms with Gasteiger partial charge in [0, 0.05) is 53.6 Å². The fourth-order valence-electron chi connectivity index (χ4n) is 11.2. The van der Waals surface area contributed by atoms with Crippen LogP contribution in [-0.2, 0) is 37.5 Å². The highest BCUT2D eigenvalue weighted by molar-refractivity contribution is 6.31. The molecule has 3 aliphatic rings. The summed E-state index contributed by atoms with van der Waals surface area (Å²) in [5.41, 5.74) is 9.38. The number of alkyl carbamates (subject to hydrolysis) is 1. The van der Waals surface area contributed by atoms with Crippen molar-refractivity contribution in [3.05, 3.63) is 201 Å². The second-order valence-electron chi connectivity index (χ2n) is 19.7. The number of aryl methyl sites for hydroxylation is 1. The summed E-state index contributed by atoms with van der Waals surface area (Å²) in [5, 5.41) is 3.52. The third-order valence-corrected chi connectivity index (χ3v) is 15.3. The summed E-state index contributed by atoms with van der Waals surface area (Å²) in [7, 11) is 0. The molecule has 0 aromatic heterocycles.